The fourth-order valence-electron chi connectivity index (χ4n) is 1.41. The lowest BCUT2D eigenvalue weighted by atomic mass is 10.4. The van der Waals surface area contributed by atoms with E-state index in [0.717, 1.165) is 14.0 Å². The summed E-state index contributed by atoms with van der Waals surface area (Å²) in [6.07, 6.45) is -0.816. The minimum Gasteiger partial charge on any atom is -0.268 e. The molecule has 2 rings (SSSR count). The molecule has 0 spiro atoms. The number of carbonyl (C=O) groups excluding carboxylic acids is 1. The molecule has 8 nitrogen and oxygen atoms in total. The van der Waals surface area contributed by atoms with Crippen molar-refractivity contribution < 1.29 is 14.6 Å². The van der Waals surface area contributed by atoms with Gasteiger partial charge in [0.15, 0.2) is 5.69 Å². The molecule has 2 heterocycles. The lowest BCUT2D eigenvalue weighted by Crippen LogP contribution is -2.45. The second-order valence-electron chi connectivity index (χ2n) is 3.35. The third-order valence-corrected chi connectivity index (χ3v) is 2.39. The molecule has 1 amide bonds. The number of carbonyl (C=O) groups is 1. The Morgan fingerprint density at radius 1 is 0.938 bits per heavy atom. The van der Waals surface area contributed by atoms with Crippen LogP contribution in [0.1, 0.15) is 0 Å². The molecule has 1 aliphatic heterocycles. The van der Waals surface area contributed by atoms with Crippen molar-refractivity contribution in [2.75, 3.05) is 11.9 Å². The van der Waals surface area contributed by atoms with E-state index < -0.39 is 17.3 Å². The Labute approximate surface area is 89.1 Å². The summed E-state index contributed by atoms with van der Waals surface area (Å²) in [5.74, 6) is -0.0878. The molecule has 0 aliphatic carbocycles. The van der Waals surface area contributed by atoms with Gasteiger partial charge in [-0.15, -0.1) is 0 Å². The summed E-state index contributed by atoms with van der Waals surface area (Å²) in [4.78, 5) is 44.4. The summed E-state index contributed by atoms with van der Waals surface area (Å²) in [6.45, 7) is 0. The Morgan fingerprint density at radius 2 is 1.56 bits per heavy atom. The molecule has 16 heavy (non-hydrogen) atoms. The van der Waals surface area contributed by atoms with Gasteiger partial charge in [0.1, 0.15) is 0 Å². The Kier molecular flexibility index (Phi) is 2.00. The van der Waals surface area contributed by atoms with Gasteiger partial charge in [-0.1, -0.05) is 0 Å². The number of hydrogen-bond donors (Lipinski definition) is 0. The Morgan fingerprint density at radius 3 is 2.19 bits per heavy atom. The molecule has 0 atom stereocenters. The molecular weight excluding hydrogens is 218 g/mol. The number of nitrogens with zero attached hydrogens (tertiary/aromatic N) is 3. The van der Waals surface area contributed by atoms with E-state index >= 15 is 0 Å². The van der Waals surface area contributed by atoms with Gasteiger partial charge in [0.25, 0.3) is 11.4 Å². The molecule has 0 N–H and O–H groups in total. The van der Waals surface area contributed by atoms with Gasteiger partial charge in [-0.05, 0) is 0 Å². The van der Waals surface area contributed by atoms with E-state index in [9.17, 15) is 14.4 Å². The van der Waals surface area contributed by atoms with E-state index in [0.29, 0.717) is 0 Å². The van der Waals surface area contributed by atoms with Gasteiger partial charge >= 0.3 is 11.8 Å². The topological polar surface area (TPSA) is 82.8 Å². The number of rotatable bonds is 0. The third-order valence-electron chi connectivity index (χ3n) is 2.39. The SMILES string of the molecule is CN1C(=O)OOc2c1c(=O)n(C)c(=O)n2C. The van der Waals surface area contributed by atoms with Crippen LogP contribution in [-0.4, -0.2) is 22.3 Å². The minimum absolute atomic E-state index is 0.0270. The Balaban J connectivity index is 2.88. The highest BCUT2D eigenvalue weighted by Crippen LogP contribution is 2.25. The van der Waals surface area contributed by atoms with Crippen LogP contribution in [0.5, 0.6) is 5.88 Å². The number of fused-ring (bicyclic) bond motifs is 1. The van der Waals surface area contributed by atoms with Crippen molar-refractivity contribution in [3.63, 3.8) is 0 Å². The van der Waals surface area contributed by atoms with E-state index in [-0.39, 0.29) is 11.6 Å². The zero-order chi connectivity index (χ0) is 12.0. The first-order valence-electron chi connectivity index (χ1n) is 4.37. The fourth-order valence-corrected chi connectivity index (χ4v) is 1.41. The molecular formula is C8H9N3O5. The van der Waals surface area contributed by atoms with Crippen LogP contribution in [0.4, 0.5) is 10.5 Å². The predicted octanol–water partition coefficient (Wildman–Crippen LogP) is -1.04. The predicted molar refractivity (Wildman–Crippen MR) is 52.4 cm³/mol. The molecule has 1 aromatic heterocycles. The fraction of sp³-hybridized carbons (Fsp3) is 0.375. The van der Waals surface area contributed by atoms with E-state index in [1.165, 1.54) is 21.1 Å². The van der Waals surface area contributed by atoms with Crippen molar-refractivity contribution in [2.45, 2.75) is 0 Å². The van der Waals surface area contributed by atoms with Crippen LogP contribution >= 0.6 is 0 Å². The van der Waals surface area contributed by atoms with Gasteiger partial charge in [0, 0.05) is 21.1 Å². The summed E-state index contributed by atoms with van der Waals surface area (Å²) in [5, 5.41) is 0. The molecule has 86 valence electrons. The van der Waals surface area contributed by atoms with Crippen molar-refractivity contribution in [3.05, 3.63) is 20.8 Å². The molecule has 0 saturated heterocycles. The molecule has 1 aliphatic rings. The van der Waals surface area contributed by atoms with Gasteiger partial charge < -0.3 is 0 Å². The molecule has 0 saturated carbocycles. The summed E-state index contributed by atoms with van der Waals surface area (Å²) in [6, 6.07) is 0. The van der Waals surface area contributed by atoms with E-state index in [1.54, 1.807) is 0 Å². The molecule has 0 unspecified atom stereocenters. The molecule has 0 fully saturated rings. The summed E-state index contributed by atoms with van der Waals surface area (Å²) in [7, 11) is 4.09. The zero-order valence-electron chi connectivity index (χ0n) is 8.88. The van der Waals surface area contributed by atoms with Crippen LogP contribution in [0.2, 0.25) is 0 Å². The monoisotopic (exact) mass is 227 g/mol. The summed E-state index contributed by atoms with van der Waals surface area (Å²) in [5.41, 5.74) is -1.20. The minimum atomic E-state index is -0.816. The average molecular weight is 227 g/mol. The van der Waals surface area contributed by atoms with E-state index in [2.05, 4.69) is 9.78 Å². The Hall–Kier alpha value is -2.25. The van der Waals surface area contributed by atoms with Gasteiger partial charge in [-0.25, -0.2) is 14.5 Å². The van der Waals surface area contributed by atoms with Crippen LogP contribution in [0, 0.1) is 0 Å². The normalized spacial score (nSPS) is 14.2. The first-order chi connectivity index (χ1) is 7.45. The number of hydrogen-bond acceptors (Lipinski definition) is 5. The number of amides is 1. The van der Waals surface area contributed by atoms with Gasteiger partial charge in [0.2, 0.25) is 0 Å². The van der Waals surface area contributed by atoms with Crippen molar-refractivity contribution in [3.8, 4) is 5.88 Å². The lowest BCUT2D eigenvalue weighted by molar-refractivity contribution is -0.151. The van der Waals surface area contributed by atoms with Gasteiger partial charge in [0.05, 0.1) is 0 Å². The first-order valence-corrected chi connectivity index (χ1v) is 4.37. The van der Waals surface area contributed by atoms with Crippen molar-refractivity contribution in [2.24, 2.45) is 14.1 Å². The summed E-state index contributed by atoms with van der Waals surface area (Å²) >= 11 is 0. The maximum atomic E-state index is 11.8. The van der Waals surface area contributed by atoms with Gasteiger partial charge in [-0.3, -0.25) is 23.7 Å². The smallest absolute Gasteiger partial charge is 0.268 e. The standard InChI is InChI=1S/C8H9N3O5/c1-9-4-5(12)10(2)7(13)11(3)6(4)15-16-8(9)14/h1-3H3. The maximum Gasteiger partial charge on any atom is 0.457 e. The highest BCUT2D eigenvalue weighted by Gasteiger charge is 2.31. The average Bonchev–Trinajstić information content (AvgIpc) is 2.27. The van der Waals surface area contributed by atoms with E-state index in [1.807, 2.05) is 0 Å². The van der Waals surface area contributed by atoms with Crippen molar-refractivity contribution in [1.29, 1.82) is 0 Å². The lowest BCUT2D eigenvalue weighted by Gasteiger charge is -2.24. The highest BCUT2D eigenvalue weighted by atomic mass is 17.2. The summed E-state index contributed by atoms with van der Waals surface area (Å²) < 4.78 is 1.97. The Bertz CT molecular complexity index is 585. The molecule has 0 bridgehead atoms. The number of aromatic nitrogens is 2. The van der Waals surface area contributed by atoms with Crippen molar-refractivity contribution in [1.82, 2.24) is 9.13 Å². The third kappa shape index (κ3) is 1.12. The van der Waals surface area contributed by atoms with E-state index in [4.69, 9.17) is 0 Å². The quantitative estimate of drug-likeness (QED) is 0.529. The van der Waals surface area contributed by atoms with Crippen LogP contribution in [0.25, 0.3) is 0 Å². The maximum absolute atomic E-state index is 11.8. The largest absolute Gasteiger partial charge is 0.457 e. The van der Waals surface area contributed by atoms with Gasteiger partial charge in [-0.2, -0.15) is 0 Å². The van der Waals surface area contributed by atoms with Crippen LogP contribution in [0.15, 0.2) is 9.59 Å². The molecule has 1 aromatic rings. The second kappa shape index (κ2) is 3.12. The second-order valence-corrected chi connectivity index (χ2v) is 3.35. The van der Waals surface area contributed by atoms with Crippen LogP contribution in [0.3, 0.4) is 0 Å². The van der Waals surface area contributed by atoms with Crippen molar-refractivity contribution >= 4 is 11.8 Å². The van der Waals surface area contributed by atoms with Crippen LogP contribution in [-0.2, 0) is 19.0 Å². The van der Waals surface area contributed by atoms with Crippen LogP contribution < -0.4 is 21.0 Å². The molecule has 0 radical (unpaired) electrons. The zero-order valence-corrected chi connectivity index (χ0v) is 8.88. The highest BCUT2D eigenvalue weighted by molar-refractivity contribution is 5.89. The molecule has 8 heteroatoms. The first kappa shape index (κ1) is 10.3. The number of anilines is 1. The molecule has 0 aromatic carbocycles.